The smallest absolute Gasteiger partial charge is 0.221 e. The van der Waals surface area contributed by atoms with Crippen LogP contribution in [0.15, 0.2) is 47.4 Å². The summed E-state index contributed by atoms with van der Waals surface area (Å²) in [5.41, 5.74) is 3.76. The van der Waals surface area contributed by atoms with Crippen molar-refractivity contribution in [2.75, 3.05) is 5.75 Å². The minimum absolute atomic E-state index is 0.00698. The number of rotatable bonds is 6. The fraction of sp³-hybridized carbons (Fsp3) is 0.278. The van der Waals surface area contributed by atoms with Gasteiger partial charge in [0.2, 0.25) is 5.91 Å². The largest absolute Gasteiger partial charge is 0.352 e. The normalized spacial score (nSPS) is 12.9. The number of carbonyl (C=O) groups is 1. The maximum atomic E-state index is 13.5. The van der Waals surface area contributed by atoms with Gasteiger partial charge in [-0.25, -0.2) is 4.39 Å². The Morgan fingerprint density at radius 1 is 1.17 bits per heavy atom. The van der Waals surface area contributed by atoms with Crippen molar-refractivity contribution < 1.29 is 9.18 Å². The molecule has 1 heterocycles. The third kappa shape index (κ3) is 4.33. The Kier molecular flexibility index (Phi) is 5.31. The molecule has 23 heavy (non-hydrogen) atoms. The van der Waals surface area contributed by atoms with Crippen molar-refractivity contribution in [1.29, 1.82) is 0 Å². The van der Waals surface area contributed by atoms with Crippen molar-refractivity contribution >= 4 is 17.7 Å². The summed E-state index contributed by atoms with van der Waals surface area (Å²) in [6.45, 7) is 2.36. The lowest BCUT2D eigenvalue weighted by molar-refractivity contribution is -0.120. The average molecular weight is 330 g/mol. The molecule has 1 aliphatic heterocycles. The molecule has 2 aromatic rings. The third-order valence-corrected chi connectivity index (χ3v) is 4.86. The van der Waals surface area contributed by atoms with Gasteiger partial charge in [0.05, 0.1) is 0 Å². The van der Waals surface area contributed by atoms with Crippen LogP contribution in [0.5, 0.6) is 0 Å². The van der Waals surface area contributed by atoms with Crippen molar-refractivity contribution in [3.63, 3.8) is 0 Å². The lowest BCUT2D eigenvalue weighted by atomic mass is 10.1. The van der Waals surface area contributed by atoms with Gasteiger partial charge < -0.3 is 10.6 Å². The van der Waals surface area contributed by atoms with E-state index in [1.165, 1.54) is 29.0 Å². The molecule has 0 radical (unpaired) electrons. The van der Waals surface area contributed by atoms with Crippen LogP contribution in [-0.2, 0) is 24.4 Å². The second-order valence-corrected chi connectivity index (χ2v) is 6.65. The number of hydrogen-bond donors (Lipinski definition) is 2. The third-order valence-electron chi connectivity index (χ3n) is 3.81. The zero-order chi connectivity index (χ0) is 16.1. The van der Waals surface area contributed by atoms with Crippen LogP contribution in [-0.4, -0.2) is 11.7 Å². The highest BCUT2D eigenvalue weighted by Gasteiger charge is 2.10. The van der Waals surface area contributed by atoms with Crippen molar-refractivity contribution in [1.82, 2.24) is 10.6 Å². The van der Waals surface area contributed by atoms with Gasteiger partial charge in [-0.05, 0) is 28.8 Å². The van der Waals surface area contributed by atoms with E-state index in [0.29, 0.717) is 23.6 Å². The molecule has 0 aliphatic carbocycles. The molecular formula is C18H19FN2OS. The van der Waals surface area contributed by atoms with Crippen LogP contribution >= 0.6 is 11.8 Å². The van der Waals surface area contributed by atoms with Gasteiger partial charge in [-0.1, -0.05) is 30.3 Å². The molecular weight excluding hydrogens is 311 g/mol. The Labute approximate surface area is 139 Å². The number of halogens is 1. The van der Waals surface area contributed by atoms with Crippen molar-refractivity contribution in [2.45, 2.75) is 31.0 Å². The average Bonchev–Trinajstić information content (AvgIpc) is 3.02. The topological polar surface area (TPSA) is 41.1 Å². The molecule has 3 nitrogen and oxygen atoms in total. The van der Waals surface area contributed by atoms with Crippen molar-refractivity contribution in [3.05, 3.63) is 65.0 Å². The zero-order valence-corrected chi connectivity index (χ0v) is 13.6. The number of carbonyl (C=O) groups excluding carboxylic acids is 1. The van der Waals surface area contributed by atoms with E-state index in [4.69, 9.17) is 0 Å². The van der Waals surface area contributed by atoms with Crippen molar-refractivity contribution in [3.8, 4) is 0 Å². The molecule has 0 unspecified atom stereocenters. The fourth-order valence-electron chi connectivity index (χ4n) is 2.56. The number of thioether (sulfide) groups is 1. The number of hydrogen-bond acceptors (Lipinski definition) is 3. The highest BCUT2D eigenvalue weighted by atomic mass is 32.2. The van der Waals surface area contributed by atoms with Gasteiger partial charge in [0, 0.05) is 36.7 Å². The molecule has 0 fully saturated rings. The summed E-state index contributed by atoms with van der Waals surface area (Å²) >= 11 is 1.37. The Morgan fingerprint density at radius 3 is 2.87 bits per heavy atom. The van der Waals surface area contributed by atoms with Crippen LogP contribution in [0.25, 0.3) is 0 Å². The molecule has 2 N–H and O–H groups in total. The Balaban J connectivity index is 1.42. The van der Waals surface area contributed by atoms with Gasteiger partial charge in [-0.15, -0.1) is 11.8 Å². The second-order valence-electron chi connectivity index (χ2n) is 5.51. The summed E-state index contributed by atoms with van der Waals surface area (Å²) in [5, 5.41) is 6.23. The Bertz CT molecular complexity index is 705. The standard InChI is InChI=1S/C18H19FN2OS/c19-16-3-1-2-4-17(16)23-8-7-18(22)21-10-13-5-6-14-11-20-12-15(14)9-13/h1-6,9,20H,7-8,10-12H2,(H,21,22). The molecule has 5 heteroatoms. The van der Waals surface area contributed by atoms with E-state index < -0.39 is 0 Å². The first-order chi connectivity index (χ1) is 11.2. The molecule has 1 aliphatic rings. The number of amides is 1. The molecule has 2 aromatic carbocycles. The molecule has 0 saturated heterocycles. The van der Waals surface area contributed by atoms with E-state index >= 15 is 0 Å². The van der Waals surface area contributed by atoms with Gasteiger partial charge in [0.25, 0.3) is 0 Å². The molecule has 120 valence electrons. The number of nitrogens with one attached hydrogen (secondary N) is 2. The summed E-state index contributed by atoms with van der Waals surface area (Å²) in [4.78, 5) is 12.5. The zero-order valence-electron chi connectivity index (χ0n) is 12.8. The molecule has 1 amide bonds. The van der Waals surface area contributed by atoms with E-state index in [2.05, 4.69) is 28.8 Å². The second kappa shape index (κ2) is 7.62. The van der Waals surface area contributed by atoms with E-state index in [9.17, 15) is 9.18 Å². The summed E-state index contributed by atoms with van der Waals surface area (Å²) < 4.78 is 13.5. The van der Waals surface area contributed by atoms with Crippen LogP contribution in [0.3, 0.4) is 0 Å². The Hall–Kier alpha value is -1.85. The predicted molar refractivity (Wildman–Crippen MR) is 90.6 cm³/mol. The van der Waals surface area contributed by atoms with E-state index in [-0.39, 0.29) is 11.7 Å². The van der Waals surface area contributed by atoms with E-state index in [1.54, 1.807) is 18.2 Å². The first kappa shape index (κ1) is 16.0. The van der Waals surface area contributed by atoms with Gasteiger partial charge in [-0.2, -0.15) is 0 Å². The molecule has 0 saturated carbocycles. The van der Waals surface area contributed by atoms with Crippen LogP contribution in [0.1, 0.15) is 23.1 Å². The maximum Gasteiger partial charge on any atom is 0.221 e. The fourth-order valence-corrected chi connectivity index (χ4v) is 3.45. The quantitative estimate of drug-likeness (QED) is 0.799. The van der Waals surface area contributed by atoms with Crippen LogP contribution in [0.4, 0.5) is 4.39 Å². The predicted octanol–water partition coefficient (Wildman–Crippen LogP) is 3.23. The highest BCUT2D eigenvalue weighted by Crippen LogP contribution is 2.21. The van der Waals surface area contributed by atoms with Crippen LogP contribution < -0.4 is 10.6 Å². The summed E-state index contributed by atoms with van der Waals surface area (Å²) in [6.07, 6.45) is 0.380. The molecule has 0 atom stereocenters. The maximum absolute atomic E-state index is 13.5. The minimum atomic E-state index is -0.232. The summed E-state index contributed by atoms with van der Waals surface area (Å²) in [5.74, 6) is 0.332. The summed E-state index contributed by atoms with van der Waals surface area (Å²) in [6, 6.07) is 12.9. The first-order valence-electron chi connectivity index (χ1n) is 7.68. The minimum Gasteiger partial charge on any atom is -0.352 e. The van der Waals surface area contributed by atoms with E-state index in [0.717, 1.165) is 18.7 Å². The van der Waals surface area contributed by atoms with Gasteiger partial charge in [-0.3, -0.25) is 4.79 Å². The van der Waals surface area contributed by atoms with E-state index in [1.807, 2.05) is 0 Å². The molecule has 3 rings (SSSR count). The summed E-state index contributed by atoms with van der Waals surface area (Å²) in [7, 11) is 0. The molecule has 0 aromatic heterocycles. The molecule has 0 bridgehead atoms. The number of benzene rings is 2. The van der Waals surface area contributed by atoms with Crippen molar-refractivity contribution in [2.24, 2.45) is 0 Å². The monoisotopic (exact) mass is 330 g/mol. The van der Waals surface area contributed by atoms with Crippen LogP contribution in [0, 0.1) is 5.82 Å². The first-order valence-corrected chi connectivity index (χ1v) is 8.66. The van der Waals surface area contributed by atoms with Gasteiger partial charge in [0.15, 0.2) is 0 Å². The van der Waals surface area contributed by atoms with Gasteiger partial charge >= 0.3 is 0 Å². The number of fused-ring (bicyclic) bond motifs is 1. The lowest BCUT2D eigenvalue weighted by Crippen LogP contribution is -2.23. The SMILES string of the molecule is O=C(CCSc1ccccc1F)NCc1ccc2c(c1)CNC2. The highest BCUT2D eigenvalue weighted by molar-refractivity contribution is 7.99. The van der Waals surface area contributed by atoms with Crippen LogP contribution in [0.2, 0.25) is 0 Å². The lowest BCUT2D eigenvalue weighted by Gasteiger charge is -2.07. The Morgan fingerprint density at radius 2 is 2.00 bits per heavy atom. The van der Waals surface area contributed by atoms with Gasteiger partial charge in [0.1, 0.15) is 5.82 Å². The molecule has 0 spiro atoms.